The van der Waals surface area contributed by atoms with Crippen molar-refractivity contribution >= 4 is 5.91 Å². The van der Waals surface area contributed by atoms with Crippen molar-refractivity contribution in [3.63, 3.8) is 0 Å². The normalized spacial score (nSPS) is 11.5. The van der Waals surface area contributed by atoms with E-state index in [9.17, 15) is 14.3 Å². The zero-order valence-corrected chi connectivity index (χ0v) is 12.4. The molecule has 0 saturated heterocycles. The van der Waals surface area contributed by atoms with Gasteiger partial charge in [0.05, 0.1) is 11.2 Å². The predicted octanol–water partition coefficient (Wildman–Crippen LogP) is 2.66. The van der Waals surface area contributed by atoms with Gasteiger partial charge in [-0.15, -0.1) is 0 Å². The zero-order chi connectivity index (χ0) is 15.6. The highest BCUT2D eigenvalue weighted by atomic mass is 19.1. The molecule has 0 spiro atoms. The molecule has 0 unspecified atom stereocenters. The molecule has 0 atom stereocenters. The van der Waals surface area contributed by atoms with Crippen molar-refractivity contribution in [2.75, 3.05) is 13.6 Å². The number of carbonyl (C=O) groups is 1. The van der Waals surface area contributed by atoms with Crippen LogP contribution >= 0.6 is 0 Å². The second-order valence-corrected chi connectivity index (χ2v) is 5.76. The number of hydrogen-bond acceptors (Lipinski definition) is 2. The Morgan fingerprint density at radius 1 is 1.29 bits per heavy atom. The fourth-order valence-corrected chi connectivity index (χ4v) is 2.27. The van der Waals surface area contributed by atoms with Crippen molar-refractivity contribution < 1.29 is 14.3 Å². The third-order valence-corrected chi connectivity index (χ3v) is 3.10. The Morgan fingerprint density at radius 2 is 1.90 bits per heavy atom. The second kappa shape index (κ2) is 5.69. The van der Waals surface area contributed by atoms with Crippen LogP contribution in [0.5, 0.6) is 0 Å². The number of carbonyl (C=O) groups excluding carboxylic acids is 1. The van der Waals surface area contributed by atoms with E-state index in [2.05, 4.69) is 4.98 Å². The van der Waals surface area contributed by atoms with Gasteiger partial charge in [0.25, 0.3) is 5.91 Å². The first-order valence-corrected chi connectivity index (χ1v) is 6.68. The van der Waals surface area contributed by atoms with Crippen molar-refractivity contribution in [1.82, 2.24) is 9.88 Å². The quantitative estimate of drug-likeness (QED) is 0.909. The Balaban J connectivity index is 2.28. The number of amides is 1. The van der Waals surface area contributed by atoms with E-state index in [1.165, 1.54) is 17.0 Å². The molecule has 0 bridgehead atoms. The lowest BCUT2D eigenvalue weighted by Crippen LogP contribution is -2.39. The summed E-state index contributed by atoms with van der Waals surface area (Å²) in [6.45, 7) is 3.52. The van der Waals surface area contributed by atoms with Gasteiger partial charge in [0, 0.05) is 31.5 Å². The number of nitrogens with one attached hydrogen (secondary N) is 1. The molecular formula is C16H19FN2O2. The van der Waals surface area contributed by atoms with E-state index in [0.717, 1.165) is 5.56 Å². The molecule has 2 rings (SSSR count). The molecule has 112 valence electrons. The van der Waals surface area contributed by atoms with Gasteiger partial charge >= 0.3 is 0 Å². The van der Waals surface area contributed by atoms with Gasteiger partial charge in [0.2, 0.25) is 0 Å². The van der Waals surface area contributed by atoms with Gasteiger partial charge in [-0.1, -0.05) is 12.1 Å². The number of likely N-dealkylation sites (N-methyl/N-ethyl adjacent to an activating group) is 1. The standard InChI is InChI=1S/C16H19FN2O2/c1-16(2,21)10-19(3)15(20)14-9-18-8-13(14)11-4-6-12(17)7-5-11/h4-9,18,21H,10H2,1-3H3. The fraction of sp³-hybridized carbons (Fsp3) is 0.312. The van der Waals surface area contributed by atoms with E-state index < -0.39 is 5.60 Å². The highest BCUT2D eigenvalue weighted by Gasteiger charge is 2.23. The summed E-state index contributed by atoms with van der Waals surface area (Å²) >= 11 is 0. The van der Waals surface area contributed by atoms with Crippen LogP contribution in [-0.2, 0) is 0 Å². The Labute approximate surface area is 123 Å². The molecule has 1 amide bonds. The minimum Gasteiger partial charge on any atom is -0.389 e. The lowest BCUT2D eigenvalue weighted by molar-refractivity contribution is 0.0368. The van der Waals surface area contributed by atoms with Gasteiger partial charge < -0.3 is 15.0 Å². The summed E-state index contributed by atoms with van der Waals surface area (Å²) in [5, 5.41) is 9.81. The molecule has 1 aromatic carbocycles. The van der Waals surface area contributed by atoms with Gasteiger partial charge in [-0.3, -0.25) is 4.79 Å². The van der Waals surface area contributed by atoms with Crippen molar-refractivity contribution in [3.8, 4) is 11.1 Å². The maximum absolute atomic E-state index is 13.0. The molecule has 2 N–H and O–H groups in total. The maximum Gasteiger partial charge on any atom is 0.255 e. The molecule has 0 aliphatic carbocycles. The molecule has 0 saturated carbocycles. The largest absolute Gasteiger partial charge is 0.389 e. The van der Waals surface area contributed by atoms with Crippen LogP contribution in [0.2, 0.25) is 0 Å². The SMILES string of the molecule is CN(CC(C)(C)O)C(=O)c1c[nH]cc1-c1ccc(F)cc1. The van der Waals surface area contributed by atoms with E-state index in [1.54, 1.807) is 45.4 Å². The maximum atomic E-state index is 13.0. The Hall–Kier alpha value is -2.14. The minimum absolute atomic E-state index is 0.197. The van der Waals surface area contributed by atoms with Crippen LogP contribution in [0.25, 0.3) is 11.1 Å². The number of hydrogen-bond donors (Lipinski definition) is 2. The summed E-state index contributed by atoms with van der Waals surface area (Å²) in [6, 6.07) is 5.98. The first-order chi connectivity index (χ1) is 9.78. The number of benzene rings is 1. The summed E-state index contributed by atoms with van der Waals surface area (Å²) in [7, 11) is 1.64. The van der Waals surface area contributed by atoms with Crippen LogP contribution < -0.4 is 0 Å². The monoisotopic (exact) mass is 290 g/mol. The summed E-state index contributed by atoms with van der Waals surface area (Å²) in [4.78, 5) is 16.8. The topological polar surface area (TPSA) is 56.3 Å². The Bertz CT molecular complexity index is 626. The average Bonchev–Trinajstić information content (AvgIpc) is 2.85. The third kappa shape index (κ3) is 3.70. The van der Waals surface area contributed by atoms with Crippen molar-refractivity contribution in [1.29, 1.82) is 0 Å². The van der Waals surface area contributed by atoms with E-state index in [0.29, 0.717) is 11.1 Å². The van der Waals surface area contributed by atoms with Gasteiger partial charge in [-0.05, 0) is 31.5 Å². The molecule has 0 aliphatic rings. The molecule has 5 heteroatoms. The van der Waals surface area contributed by atoms with Gasteiger partial charge in [-0.25, -0.2) is 4.39 Å². The van der Waals surface area contributed by atoms with Crippen LogP contribution in [0.1, 0.15) is 24.2 Å². The van der Waals surface area contributed by atoms with Gasteiger partial charge in [0.1, 0.15) is 5.82 Å². The predicted molar refractivity (Wildman–Crippen MR) is 79.4 cm³/mol. The number of aliphatic hydroxyl groups is 1. The van der Waals surface area contributed by atoms with Crippen molar-refractivity contribution in [2.45, 2.75) is 19.4 Å². The molecule has 1 heterocycles. The zero-order valence-electron chi connectivity index (χ0n) is 12.4. The number of rotatable bonds is 4. The van der Waals surface area contributed by atoms with E-state index in [-0.39, 0.29) is 18.3 Å². The Morgan fingerprint density at radius 3 is 2.48 bits per heavy atom. The van der Waals surface area contributed by atoms with E-state index >= 15 is 0 Å². The van der Waals surface area contributed by atoms with Crippen molar-refractivity contribution in [3.05, 3.63) is 48.0 Å². The van der Waals surface area contributed by atoms with Gasteiger partial charge in [-0.2, -0.15) is 0 Å². The van der Waals surface area contributed by atoms with Crippen LogP contribution in [-0.4, -0.2) is 40.1 Å². The molecular weight excluding hydrogens is 271 g/mol. The molecule has 1 aromatic heterocycles. The smallest absolute Gasteiger partial charge is 0.255 e. The summed E-state index contributed by atoms with van der Waals surface area (Å²) in [5.74, 6) is -0.515. The number of halogens is 1. The van der Waals surface area contributed by atoms with Crippen molar-refractivity contribution in [2.24, 2.45) is 0 Å². The lowest BCUT2D eigenvalue weighted by Gasteiger charge is -2.25. The molecule has 21 heavy (non-hydrogen) atoms. The fourth-order valence-electron chi connectivity index (χ4n) is 2.27. The third-order valence-electron chi connectivity index (χ3n) is 3.10. The first kappa shape index (κ1) is 15.3. The molecule has 4 nitrogen and oxygen atoms in total. The number of H-pyrrole nitrogens is 1. The van der Waals surface area contributed by atoms with Crippen LogP contribution in [0.3, 0.4) is 0 Å². The minimum atomic E-state index is -0.962. The molecule has 2 aromatic rings. The molecule has 0 radical (unpaired) electrons. The van der Waals surface area contributed by atoms with Crippen LogP contribution in [0.4, 0.5) is 4.39 Å². The summed E-state index contributed by atoms with van der Waals surface area (Å²) in [6.07, 6.45) is 3.32. The highest BCUT2D eigenvalue weighted by molar-refractivity contribution is 6.00. The summed E-state index contributed by atoms with van der Waals surface area (Å²) in [5.41, 5.74) is 1.00. The number of aromatic nitrogens is 1. The highest BCUT2D eigenvalue weighted by Crippen LogP contribution is 2.25. The van der Waals surface area contributed by atoms with E-state index in [1.807, 2.05) is 0 Å². The Kier molecular flexibility index (Phi) is 4.14. The van der Waals surface area contributed by atoms with Crippen LogP contribution in [0.15, 0.2) is 36.7 Å². The average molecular weight is 290 g/mol. The number of aromatic amines is 1. The van der Waals surface area contributed by atoms with Gasteiger partial charge in [0.15, 0.2) is 0 Å². The number of nitrogens with zero attached hydrogens (tertiary/aromatic N) is 1. The second-order valence-electron chi connectivity index (χ2n) is 5.76. The summed E-state index contributed by atoms with van der Waals surface area (Å²) < 4.78 is 13.0. The van der Waals surface area contributed by atoms with E-state index in [4.69, 9.17) is 0 Å². The lowest BCUT2D eigenvalue weighted by atomic mass is 10.0. The first-order valence-electron chi connectivity index (χ1n) is 6.68. The molecule has 0 fully saturated rings. The molecule has 0 aliphatic heterocycles. The van der Waals surface area contributed by atoms with Crippen LogP contribution in [0, 0.1) is 5.82 Å².